The Balaban J connectivity index is 1.06. The molecular formula is C35H58N8O2. The van der Waals surface area contributed by atoms with E-state index in [9.17, 15) is 9.59 Å². The fraction of sp³-hybridized carbons (Fsp3) is 0.829. The molecule has 0 aromatic carbocycles. The predicted octanol–water partition coefficient (Wildman–Crippen LogP) is 4.18. The summed E-state index contributed by atoms with van der Waals surface area (Å²) in [6, 6.07) is 3.23. The van der Waals surface area contributed by atoms with Gasteiger partial charge in [0.2, 0.25) is 17.8 Å². The zero-order valence-corrected chi connectivity index (χ0v) is 27.6. The first kappa shape index (κ1) is 32.5. The normalized spacial score (nSPS) is 26.8. The van der Waals surface area contributed by atoms with E-state index in [2.05, 4.69) is 41.7 Å². The summed E-state index contributed by atoms with van der Waals surface area (Å²) in [4.78, 5) is 43.1. The van der Waals surface area contributed by atoms with Crippen LogP contribution in [0.4, 0.5) is 11.8 Å². The minimum Gasteiger partial charge on any atom is -0.356 e. The minimum atomic E-state index is 0.141. The highest BCUT2D eigenvalue weighted by Gasteiger charge is 2.37. The summed E-state index contributed by atoms with van der Waals surface area (Å²) in [6.07, 6.45) is 19.8. The number of piperidine rings is 3. The van der Waals surface area contributed by atoms with Crippen molar-refractivity contribution in [2.45, 2.75) is 121 Å². The van der Waals surface area contributed by atoms with Crippen LogP contribution >= 0.6 is 0 Å². The first-order valence-electron chi connectivity index (χ1n) is 18.5. The van der Waals surface area contributed by atoms with Crippen LogP contribution in [0.15, 0.2) is 12.3 Å². The molecule has 0 bridgehead atoms. The maximum Gasteiger partial charge on any atom is 0.225 e. The van der Waals surface area contributed by atoms with Crippen molar-refractivity contribution in [3.63, 3.8) is 0 Å². The summed E-state index contributed by atoms with van der Waals surface area (Å²) in [6.45, 7) is 7.53. The second kappa shape index (κ2) is 16.4. The van der Waals surface area contributed by atoms with Crippen molar-refractivity contribution in [2.24, 2.45) is 11.8 Å². The summed E-state index contributed by atoms with van der Waals surface area (Å²) in [5, 5.41) is 10.4. The number of carbonyl (C=O) groups is 2. The molecule has 1 aromatic rings. The molecular weight excluding hydrogens is 564 g/mol. The Hall–Kier alpha value is -2.46. The van der Waals surface area contributed by atoms with Crippen LogP contribution in [0.1, 0.15) is 103 Å². The van der Waals surface area contributed by atoms with E-state index in [0.717, 1.165) is 122 Å². The predicted molar refractivity (Wildman–Crippen MR) is 179 cm³/mol. The molecule has 1 aliphatic carbocycles. The summed E-state index contributed by atoms with van der Waals surface area (Å²) in [5.41, 5.74) is 0. The number of nitrogens with one attached hydrogen (secondary N) is 3. The van der Waals surface area contributed by atoms with Gasteiger partial charge in [-0.3, -0.25) is 14.5 Å². The topological polar surface area (TPSA) is 106 Å². The Morgan fingerprint density at radius 1 is 0.822 bits per heavy atom. The Labute approximate surface area is 270 Å². The standard InChI is InChI=1S/C35H58N8O2/c44-33(27-10-17-36-18-11-27)37-19-12-31-26-29(39-35-38-20-13-32(40-35)41-21-6-1-2-7-22-41)14-25-43(31)30-15-23-42(24-16-30)34(45)28-8-4-3-5-9-28/h13,20,27-31,36H,1-12,14-19,21-26H2,(H,37,44)(H,38,39,40). The van der Waals surface area contributed by atoms with Crippen LogP contribution in [0.25, 0.3) is 0 Å². The van der Waals surface area contributed by atoms with Gasteiger partial charge in [0.15, 0.2) is 0 Å². The van der Waals surface area contributed by atoms with Gasteiger partial charge in [-0.25, -0.2) is 4.98 Å². The average molecular weight is 623 g/mol. The van der Waals surface area contributed by atoms with Crippen LogP contribution in [-0.2, 0) is 9.59 Å². The van der Waals surface area contributed by atoms with Gasteiger partial charge in [0, 0.05) is 75.4 Å². The van der Waals surface area contributed by atoms with Crippen LogP contribution in [0.2, 0.25) is 0 Å². The van der Waals surface area contributed by atoms with Crippen molar-refractivity contribution in [3.05, 3.63) is 12.3 Å². The summed E-state index contributed by atoms with van der Waals surface area (Å²) < 4.78 is 0. The molecule has 5 heterocycles. The molecule has 5 aliphatic rings. The lowest BCUT2D eigenvalue weighted by Gasteiger charge is -2.47. The third-order valence-electron chi connectivity index (χ3n) is 11.4. The highest BCUT2D eigenvalue weighted by Crippen LogP contribution is 2.31. The molecule has 4 saturated heterocycles. The zero-order valence-electron chi connectivity index (χ0n) is 27.6. The molecule has 2 unspecified atom stereocenters. The lowest BCUT2D eigenvalue weighted by atomic mass is 9.87. The minimum absolute atomic E-state index is 0.141. The number of likely N-dealkylation sites (tertiary alicyclic amines) is 2. The molecule has 250 valence electrons. The van der Waals surface area contributed by atoms with Gasteiger partial charge in [-0.1, -0.05) is 32.1 Å². The van der Waals surface area contributed by atoms with Crippen molar-refractivity contribution in [1.82, 2.24) is 30.4 Å². The quantitative estimate of drug-likeness (QED) is 0.377. The van der Waals surface area contributed by atoms with Gasteiger partial charge in [-0.05, 0) is 89.8 Å². The van der Waals surface area contributed by atoms with Gasteiger partial charge in [-0.2, -0.15) is 4.98 Å². The smallest absolute Gasteiger partial charge is 0.225 e. The van der Waals surface area contributed by atoms with Crippen LogP contribution < -0.4 is 20.9 Å². The number of hydrogen-bond donors (Lipinski definition) is 3. The van der Waals surface area contributed by atoms with Crippen LogP contribution in [0, 0.1) is 11.8 Å². The van der Waals surface area contributed by atoms with Gasteiger partial charge in [-0.15, -0.1) is 0 Å². The van der Waals surface area contributed by atoms with E-state index in [1.54, 1.807) is 0 Å². The average Bonchev–Trinajstić information content (AvgIpc) is 3.39. The van der Waals surface area contributed by atoms with Gasteiger partial charge >= 0.3 is 0 Å². The van der Waals surface area contributed by atoms with Crippen molar-refractivity contribution >= 4 is 23.6 Å². The molecule has 6 rings (SSSR count). The molecule has 45 heavy (non-hydrogen) atoms. The molecule has 0 spiro atoms. The highest BCUT2D eigenvalue weighted by atomic mass is 16.2. The molecule has 10 nitrogen and oxygen atoms in total. The van der Waals surface area contributed by atoms with Gasteiger partial charge in [0.05, 0.1) is 0 Å². The fourth-order valence-corrected chi connectivity index (χ4v) is 8.66. The number of anilines is 2. The lowest BCUT2D eigenvalue weighted by Crippen LogP contribution is -2.55. The SMILES string of the molecule is O=C(NCCC1CC(Nc2nccc(N3CCCCCC3)n2)CCN1C1CCN(C(=O)C2CCCCC2)CC1)C1CCNCC1. The third kappa shape index (κ3) is 8.88. The van der Waals surface area contributed by atoms with Gasteiger partial charge in [0.1, 0.15) is 5.82 Å². The fourth-order valence-electron chi connectivity index (χ4n) is 8.66. The number of nitrogens with zero attached hydrogens (tertiary/aromatic N) is 5. The number of amides is 2. The van der Waals surface area contributed by atoms with E-state index in [4.69, 9.17) is 4.98 Å². The second-order valence-corrected chi connectivity index (χ2v) is 14.4. The highest BCUT2D eigenvalue weighted by molar-refractivity contribution is 5.79. The van der Waals surface area contributed by atoms with Crippen LogP contribution in [0.5, 0.6) is 0 Å². The summed E-state index contributed by atoms with van der Waals surface area (Å²) in [7, 11) is 0. The molecule has 5 fully saturated rings. The maximum absolute atomic E-state index is 13.2. The van der Waals surface area contributed by atoms with Crippen LogP contribution in [-0.4, -0.2) is 102 Å². The van der Waals surface area contributed by atoms with Gasteiger partial charge < -0.3 is 25.8 Å². The van der Waals surface area contributed by atoms with Crippen LogP contribution in [0.3, 0.4) is 0 Å². The monoisotopic (exact) mass is 622 g/mol. The first-order chi connectivity index (χ1) is 22.1. The van der Waals surface area contributed by atoms with Crippen molar-refractivity contribution < 1.29 is 9.59 Å². The second-order valence-electron chi connectivity index (χ2n) is 14.4. The Kier molecular flexibility index (Phi) is 11.8. The molecule has 3 N–H and O–H groups in total. The zero-order chi connectivity index (χ0) is 30.8. The molecule has 4 aliphatic heterocycles. The summed E-state index contributed by atoms with van der Waals surface area (Å²) in [5.74, 6) is 2.81. The van der Waals surface area contributed by atoms with Crippen molar-refractivity contribution in [1.29, 1.82) is 0 Å². The number of rotatable bonds is 9. The molecule has 10 heteroatoms. The number of carbonyl (C=O) groups excluding carboxylic acids is 2. The molecule has 1 aromatic heterocycles. The molecule has 2 amide bonds. The largest absolute Gasteiger partial charge is 0.356 e. The van der Waals surface area contributed by atoms with E-state index in [0.29, 0.717) is 24.0 Å². The van der Waals surface area contributed by atoms with E-state index in [-0.39, 0.29) is 17.7 Å². The van der Waals surface area contributed by atoms with E-state index < -0.39 is 0 Å². The number of aromatic nitrogens is 2. The lowest BCUT2D eigenvalue weighted by molar-refractivity contribution is -0.138. The van der Waals surface area contributed by atoms with Crippen molar-refractivity contribution in [3.8, 4) is 0 Å². The Morgan fingerprint density at radius 3 is 2.31 bits per heavy atom. The van der Waals surface area contributed by atoms with E-state index >= 15 is 0 Å². The van der Waals surface area contributed by atoms with E-state index in [1.807, 2.05) is 6.20 Å². The first-order valence-corrected chi connectivity index (χ1v) is 18.5. The molecule has 2 atom stereocenters. The molecule has 1 saturated carbocycles. The number of hydrogen-bond acceptors (Lipinski definition) is 8. The molecule has 0 radical (unpaired) electrons. The Morgan fingerprint density at radius 2 is 1.56 bits per heavy atom. The summed E-state index contributed by atoms with van der Waals surface area (Å²) >= 11 is 0. The maximum atomic E-state index is 13.2. The Bertz CT molecular complexity index is 1080. The van der Waals surface area contributed by atoms with Gasteiger partial charge in [0.25, 0.3) is 0 Å². The van der Waals surface area contributed by atoms with E-state index in [1.165, 1.54) is 44.9 Å². The van der Waals surface area contributed by atoms with Crippen molar-refractivity contribution in [2.75, 3.05) is 62.6 Å². The third-order valence-corrected chi connectivity index (χ3v) is 11.4.